The third kappa shape index (κ3) is 2.32. The number of aldehydes is 1. The molecule has 2 nitrogen and oxygen atoms in total. The van der Waals surface area contributed by atoms with E-state index in [1.165, 1.54) is 0 Å². The SMILES string of the molecule is CC(C)(C=O)C(=O)C(F)(F)F. The van der Waals surface area contributed by atoms with Gasteiger partial charge in [0.05, 0.1) is 5.41 Å². The lowest BCUT2D eigenvalue weighted by Gasteiger charge is -2.16. The Morgan fingerprint density at radius 3 is 1.73 bits per heavy atom. The van der Waals surface area contributed by atoms with Gasteiger partial charge in [-0.1, -0.05) is 0 Å². The number of carbonyl (C=O) groups is 2. The van der Waals surface area contributed by atoms with Gasteiger partial charge in [0, 0.05) is 0 Å². The van der Waals surface area contributed by atoms with E-state index in [9.17, 15) is 22.8 Å². The fraction of sp³-hybridized carbons (Fsp3) is 0.667. The van der Waals surface area contributed by atoms with Crippen molar-refractivity contribution >= 4 is 12.1 Å². The van der Waals surface area contributed by atoms with Crippen LogP contribution >= 0.6 is 0 Å². The van der Waals surface area contributed by atoms with Crippen LogP contribution in [0.2, 0.25) is 0 Å². The van der Waals surface area contributed by atoms with Gasteiger partial charge < -0.3 is 4.79 Å². The first-order valence-corrected chi connectivity index (χ1v) is 2.80. The molecular formula is C6H7F3O2. The molecule has 64 valence electrons. The molecule has 0 bridgehead atoms. The van der Waals surface area contributed by atoms with Gasteiger partial charge in [-0.2, -0.15) is 13.2 Å². The van der Waals surface area contributed by atoms with E-state index in [0.717, 1.165) is 13.8 Å². The summed E-state index contributed by atoms with van der Waals surface area (Å²) in [6.45, 7) is 1.85. The monoisotopic (exact) mass is 168 g/mol. The van der Waals surface area contributed by atoms with Crippen molar-refractivity contribution in [2.24, 2.45) is 5.41 Å². The van der Waals surface area contributed by atoms with E-state index < -0.39 is 17.4 Å². The lowest BCUT2D eigenvalue weighted by Crippen LogP contribution is -2.37. The van der Waals surface area contributed by atoms with Crippen molar-refractivity contribution in [2.45, 2.75) is 20.0 Å². The highest BCUT2D eigenvalue weighted by molar-refractivity contribution is 6.00. The van der Waals surface area contributed by atoms with Crippen LogP contribution in [0.3, 0.4) is 0 Å². The van der Waals surface area contributed by atoms with Gasteiger partial charge in [-0.15, -0.1) is 0 Å². The molecule has 0 aromatic carbocycles. The molecule has 0 aliphatic rings. The predicted molar refractivity (Wildman–Crippen MR) is 30.9 cm³/mol. The number of halogens is 3. The number of ketones is 1. The van der Waals surface area contributed by atoms with Gasteiger partial charge >= 0.3 is 6.18 Å². The van der Waals surface area contributed by atoms with Crippen molar-refractivity contribution < 1.29 is 22.8 Å². The summed E-state index contributed by atoms with van der Waals surface area (Å²) in [4.78, 5) is 20.4. The second-order valence-electron chi connectivity index (χ2n) is 2.67. The van der Waals surface area contributed by atoms with Gasteiger partial charge in [-0.3, -0.25) is 4.79 Å². The van der Waals surface area contributed by atoms with Crippen molar-refractivity contribution in [3.05, 3.63) is 0 Å². The van der Waals surface area contributed by atoms with Crippen LogP contribution in [0.5, 0.6) is 0 Å². The van der Waals surface area contributed by atoms with E-state index in [0.29, 0.717) is 0 Å². The number of hydrogen-bond donors (Lipinski definition) is 0. The lowest BCUT2D eigenvalue weighted by atomic mass is 9.90. The molecule has 0 spiro atoms. The highest BCUT2D eigenvalue weighted by atomic mass is 19.4. The largest absolute Gasteiger partial charge is 0.451 e. The summed E-state index contributed by atoms with van der Waals surface area (Å²) in [7, 11) is 0. The first kappa shape index (κ1) is 10.1. The number of hydrogen-bond acceptors (Lipinski definition) is 2. The summed E-state index contributed by atoms with van der Waals surface area (Å²) in [5.74, 6) is -2.01. The highest BCUT2D eigenvalue weighted by Crippen LogP contribution is 2.27. The van der Waals surface area contributed by atoms with E-state index in [4.69, 9.17) is 0 Å². The van der Waals surface area contributed by atoms with Crippen LogP contribution in [0.15, 0.2) is 0 Å². The molecule has 0 fully saturated rings. The molecule has 0 aromatic heterocycles. The fourth-order valence-corrected chi connectivity index (χ4v) is 0.419. The quantitative estimate of drug-likeness (QED) is 0.460. The van der Waals surface area contributed by atoms with Crippen molar-refractivity contribution in [1.29, 1.82) is 0 Å². The average Bonchev–Trinajstić information content (AvgIpc) is 1.84. The van der Waals surface area contributed by atoms with Crippen molar-refractivity contribution in [3.63, 3.8) is 0 Å². The maximum atomic E-state index is 11.6. The number of rotatable bonds is 2. The van der Waals surface area contributed by atoms with E-state index in [-0.39, 0.29) is 6.29 Å². The van der Waals surface area contributed by atoms with Gasteiger partial charge in [0.15, 0.2) is 0 Å². The van der Waals surface area contributed by atoms with E-state index in [1.807, 2.05) is 0 Å². The number of Topliss-reactive ketones (excluding diaryl/α,β-unsaturated/α-hetero) is 1. The molecule has 0 N–H and O–H groups in total. The van der Waals surface area contributed by atoms with Gasteiger partial charge in [0.25, 0.3) is 0 Å². The highest BCUT2D eigenvalue weighted by Gasteiger charge is 2.47. The van der Waals surface area contributed by atoms with Crippen LogP contribution < -0.4 is 0 Å². The van der Waals surface area contributed by atoms with Crippen LogP contribution in [0.25, 0.3) is 0 Å². The Morgan fingerprint density at radius 2 is 1.64 bits per heavy atom. The number of carbonyl (C=O) groups excluding carboxylic acids is 2. The van der Waals surface area contributed by atoms with Crippen molar-refractivity contribution in [3.8, 4) is 0 Å². The second-order valence-corrected chi connectivity index (χ2v) is 2.67. The third-order valence-corrected chi connectivity index (χ3v) is 1.14. The summed E-state index contributed by atoms with van der Waals surface area (Å²) < 4.78 is 34.9. The zero-order valence-electron chi connectivity index (χ0n) is 6.03. The Labute approximate surface area is 61.4 Å². The molecule has 0 saturated heterocycles. The van der Waals surface area contributed by atoms with Crippen LogP contribution in [0, 0.1) is 5.41 Å². The van der Waals surface area contributed by atoms with Crippen LogP contribution in [0.1, 0.15) is 13.8 Å². The van der Waals surface area contributed by atoms with Crippen molar-refractivity contribution in [1.82, 2.24) is 0 Å². The van der Waals surface area contributed by atoms with Gasteiger partial charge in [0.2, 0.25) is 5.78 Å². The molecule has 0 aliphatic heterocycles. The molecular weight excluding hydrogens is 161 g/mol. The lowest BCUT2D eigenvalue weighted by molar-refractivity contribution is -0.180. The third-order valence-electron chi connectivity index (χ3n) is 1.14. The minimum atomic E-state index is -4.93. The first-order chi connectivity index (χ1) is 4.72. The van der Waals surface area contributed by atoms with Crippen LogP contribution in [-0.4, -0.2) is 18.2 Å². The summed E-state index contributed by atoms with van der Waals surface area (Å²) >= 11 is 0. The summed E-state index contributed by atoms with van der Waals surface area (Å²) in [6, 6.07) is 0. The Kier molecular flexibility index (Phi) is 2.43. The molecule has 0 rings (SSSR count). The zero-order valence-corrected chi connectivity index (χ0v) is 6.03. The molecule has 0 unspecified atom stereocenters. The minimum Gasteiger partial charge on any atom is -0.302 e. The van der Waals surface area contributed by atoms with Gasteiger partial charge in [-0.25, -0.2) is 0 Å². The molecule has 5 heteroatoms. The van der Waals surface area contributed by atoms with Crippen LogP contribution in [-0.2, 0) is 9.59 Å². The summed E-state index contributed by atoms with van der Waals surface area (Å²) in [6.07, 6.45) is -4.94. The topological polar surface area (TPSA) is 34.1 Å². The van der Waals surface area contributed by atoms with Gasteiger partial charge in [0.1, 0.15) is 6.29 Å². The van der Waals surface area contributed by atoms with E-state index in [1.54, 1.807) is 0 Å². The average molecular weight is 168 g/mol. The van der Waals surface area contributed by atoms with E-state index >= 15 is 0 Å². The Hall–Kier alpha value is -0.870. The molecule has 0 aromatic rings. The molecule has 0 aliphatic carbocycles. The fourth-order valence-electron chi connectivity index (χ4n) is 0.419. The van der Waals surface area contributed by atoms with E-state index in [2.05, 4.69) is 0 Å². The maximum Gasteiger partial charge on any atom is 0.451 e. The Bertz CT molecular complexity index is 181. The summed E-state index contributed by atoms with van der Waals surface area (Å²) in [5.41, 5.74) is -1.96. The molecule has 0 saturated carbocycles. The molecule has 0 amide bonds. The normalized spacial score (nSPS) is 12.8. The zero-order chi connectivity index (χ0) is 9.28. The molecule has 0 radical (unpaired) electrons. The smallest absolute Gasteiger partial charge is 0.302 e. The number of alkyl halides is 3. The van der Waals surface area contributed by atoms with Gasteiger partial charge in [-0.05, 0) is 13.8 Å². The Morgan fingerprint density at radius 1 is 1.27 bits per heavy atom. The maximum absolute atomic E-state index is 11.6. The second kappa shape index (κ2) is 2.64. The first-order valence-electron chi connectivity index (χ1n) is 2.80. The molecule has 0 heterocycles. The molecule has 0 atom stereocenters. The van der Waals surface area contributed by atoms with Crippen molar-refractivity contribution in [2.75, 3.05) is 0 Å². The standard InChI is InChI=1S/C6H7F3O2/c1-5(2,3-10)4(11)6(7,8)9/h3H,1-2H3. The molecule has 11 heavy (non-hydrogen) atoms. The summed E-state index contributed by atoms with van der Waals surface area (Å²) in [5, 5.41) is 0. The Balaban J connectivity index is 4.63. The predicted octanol–water partition coefficient (Wildman–Crippen LogP) is 1.34. The van der Waals surface area contributed by atoms with Crippen LogP contribution in [0.4, 0.5) is 13.2 Å². The minimum absolute atomic E-state index is 0.0111.